The van der Waals surface area contributed by atoms with E-state index in [0.29, 0.717) is 6.42 Å². The second kappa shape index (κ2) is 6.62. The Morgan fingerprint density at radius 1 is 1.47 bits per heavy atom. The Bertz CT molecular complexity index is 447. The molecule has 1 aromatic heterocycles. The summed E-state index contributed by atoms with van der Waals surface area (Å²) in [6.07, 6.45) is 2.71. The van der Waals surface area contributed by atoms with E-state index in [-0.39, 0.29) is 17.6 Å². The lowest BCUT2D eigenvalue weighted by Gasteiger charge is -2.17. The van der Waals surface area contributed by atoms with Crippen molar-refractivity contribution in [2.75, 3.05) is 12.4 Å². The van der Waals surface area contributed by atoms with Crippen molar-refractivity contribution in [3.8, 4) is 0 Å². The minimum atomic E-state index is -0.588. The number of hydrogen-bond donors (Lipinski definition) is 1. The summed E-state index contributed by atoms with van der Waals surface area (Å²) in [6, 6.07) is -0.577. The summed E-state index contributed by atoms with van der Waals surface area (Å²) in [4.78, 5) is 29.0. The van der Waals surface area contributed by atoms with Crippen LogP contribution in [0, 0.1) is 16.0 Å². The predicted octanol–water partition coefficient (Wildman–Crippen LogP) is 1.38. The standard InChI is InChI=1S/C11H16N4O4/c1-7(2)4-9(10(16)19-3)14-11-12-5-8(6-13-11)15(17)18/h5-7,9H,4H2,1-3H3,(H,12,13,14). The molecule has 1 heterocycles. The summed E-state index contributed by atoms with van der Waals surface area (Å²) in [6.45, 7) is 3.93. The van der Waals surface area contributed by atoms with Crippen molar-refractivity contribution in [1.82, 2.24) is 9.97 Å². The van der Waals surface area contributed by atoms with E-state index in [2.05, 4.69) is 20.0 Å². The maximum atomic E-state index is 11.6. The number of nitro groups is 1. The summed E-state index contributed by atoms with van der Waals surface area (Å²) >= 11 is 0. The lowest BCUT2D eigenvalue weighted by Crippen LogP contribution is -2.32. The van der Waals surface area contributed by atoms with E-state index in [1.165, 1.54) is 7.11 Å². The summed E-state index contributed by atoms with van der Waals surface area (Å²) in [7, 11) is 1.30. The number of carbonyl (C=O) groups is 1. The van der Waals surface area contributed by atoms with E-state index < -0.39 is 16.9 Å². The van der Waals surface area contributed by atoms with E-state index in [9.17, 15) is 14.9 Å². The third-order valence-corrected chi connectivity index (χ3v) is 2.35. The van der Waals surface area contributed by atoms with Crippen molar-refractivity contribution < 1.29 is 14.5 Å². The number of aromatic nitrogens is 2. The highest BCUT2D eigenvalue weighted by molar-refractivity contribution is 5.78. The van der Waals surface area contributed by atoms with Crippen LogP contribution in [0.1, 0.15) is 20.3 Å². The normalized spacial score (nSPS) is 12.0. The Balaban J connectivity index is 2.78. The first kappa shape index (κ1) is 14.8. The molecule has 104 valence electrons. The van der Waals surface area contributed by atoms with Crippen LogP contribution in [0.5, 0.6) is 0 Å². The van der Waals surface area contributed by atoms with Crippen LogP contribution < -0.4 is 5.32 Å². The van der Waals surface area contributed by atoms with Gasteiger partial charge in [0.05, 0.1) is 12.0 Å². The number of carbonyl (C=O) groups excluding carboxylic acids is 1. The van der Waals surface area contributed by atoms with Gasteiger partial charge in [-0.1, -0.05) is 13.8 Å². The molecule has 0 fully saturated rings. The zero-order chi connectivity index (χ0) is 14.4. The Labute approximate surface area is 110 Å². The van der Waals surface area contributed by atoms with Gasteiger partial charge in [-0.05, 0) is 12.3 Å². The molecule has 0 radical (unpaired) electrons. The van der Waals surface area contributed by atoms with Crippen molar-refractivity contribution in [3.63, 3.8) is 0 Å². The van der Waals surface area contributed by atoms with Crippen LogP contribution >= 0.6 is 0 Å². The molecule has 1 N–H and O–H groups in total. The number of nitrogens with one attached hydrogen (secondary N) is 1. The van der Waals surface area contributed by atoms with E-state index >= 15 is 0 Å². The second-order valence-electron chi connectivity index (χ2n) is 4.37. The van der Waals surface area contributed by atoms with Gasteiger partial charge in [-0.3, -0.25) is 10.1 Å². The van der Waals surface area contributed by atoms with Crippen molar-refractivity contribution in [2.45, 2.75) is 26.3 Å². The highest BCUT2D eigenvalue weighted by Crippen LogP contribution is 2.13. The van der Waals surface area contributed by atoms with E-state index in [4.69, 9.17) is 0 Å². The summed E-state index contributed by atoms with van der Waals surface area (Å²) < 4.78 is 4.68. The number of esters is 1. The average Bonchev–Trinajstić information content (AvgIpc) is 2.37. The Morgan fingerprint density at radius 2 is 2.05 bits per heavy atom. The van der Waals surface area contributed by atoms with Gasteiger partial charge >= 0.3 is 11.7 Å². The fraction of sp³-hybridized carbons (Fsp3) is 0.545. The molecule has 0 spiro atoms. The first-order chi connectivity index (χ1) is 8.93. The van der Waals surface area contributed by atoms with E-state index in [1.807, 2.05) is 13.8 Å². The fourth-order valence-electron chi connectivity index (χ4n) is 1.47. The van der Waals surface area contributed by atoms with Crippen LogP contribution in [-0.2, 0) is 9.53 Å². The van der Waals surface area contributed by atoms with Gasteiger partial charge in [-0.2, -0.15) is 0 Å². The minimum absolute atomic E-state index is 0.154. The van der Waals surface area contributed by atoms with E-state index in [0.717, 1.165) is 12.4 Å². The second-order valence-corrected chi connectivity index (χ2v) is 4.37. The van der Waals surface area contributed by atoms with Crippen molar-refractivity contribution in [2.24, 2.45) is 5.92 Å². The van der Waals surface area contributed by atoms with Gasteiger partial charge in [-0.25, -0.2) is 14.8 Å². The highest BCUT2D eigenvalue weighted by Gasteiger charge is 2.21. The molecule has 0 amide bonds. The molecule has 0 aliphatic heterocycles. The van der Waals surface area contributed by atoms with Crippen molar-refractivity contribution >= 4 is 17.6 Å². The van der Waals surface area contributed by atoms with Crippen LogP contribution in [-0.4, -0.2) is 34.0 Å². The smallest absolute Gasteiger partial charge is 0.328 e. The molecule has 1 unspecified atom stereocenters. The quantitative estimate of drug-likeness (QED) is 0.471. The first-order valence-corrected chi connectivity index (χ1v) is 5.74. The molecule has 0 aliphatic carbocycles. The molecule has 0 aliphatic rings. The van der Waals surface area contributed by atoms with Gasteiger partial charge in [0.25, 0.3) is 0 Å². The minimum Gasteiger partial charge on any atom is -0.467 e. The molecule has 0 saturated carbocycles. The monoisotopic (exact) mass is 268 g/mol. The largest absolute Gasteiger partial charge is 0.467 e. The molecular weight excluding hydrogens is 252 g/mol. The van der Waals surface area contributed by atoms with Gasteiger partial charge in [0, 0.05) is 0 Å². The van der Waals surface area contributed by atoms with Gasteiger partial charge in [0.15, 0.2) is 0 Å². The molecule has 8 heteroatoms. The number of ether oxygens (including phenoxy) is 1. The molecule has 1 aromatic rings. The molecule has 0 saturated heterocycles. The third kappa shape index (κ3) is 4.49. The number of anilines is 1. The lowest BCUT2D eigenvalue weighted by molar-refractivity contribution is -0.385. The van der Waals surface area contributed by atoms with Crippen LogP contribution in [0.25, 0.3) is 0 Å². The molecule has 19 heavy (non-hydrogen) atoms. The number of hydrogen-bond acceptors (Lipinski definition) is 7. The third-order valence-electron chi connectivity index (χ3n) is 2.35. The van der Waals surface area contributed by atoms with Crippen LogP contribution in [0.2, 0.25) is 0 Å². The molecule has 0 bridgehead atoms. The molecule has 1 rings (SSSR count). The Morgan fingerprint density at radius 3 is 2.47 bits per heavy atom. The zero-order valence-electron chi connectivity index (χ0n) is 11.0. The molecule has 1 atom stereocenters. The number of rotatable bonds is 6. The Kier molecular flexibility index (Phi) is 5.16. The highest BCUT2D eigenvalue weighted by atomic mass is 16.6. The predicted molar refractivity (Wildman–Crippen MR) is 67.6 cm³/mol. The van der Waals surface area contributed by atoms with Crippen LogP contribution in [0.15, 0.2) is 12.4 Å². The van der Waals surface area contributed by atoms with Crippen LogP contribution in [0.4, 0.5) is 11.6 Å². The molecule has 8 nitrogen and oxygen atoms in total. The summed E-state index contributed by atoms with van der Waals surface area (Å²) in [5.74, 6) is 0.00644. The first-order valence-electron chi connectivity index (χ1n) is 5.74. The van der Waals surface area contributed by atoms with Gasteiger partial charge in [-0.15, -0.1) is 0 Å². The summed E-state index contributed by atoms with van der Waals surface area (Å²) in [5, 5.41) is 13.3. The van der Waals surface area contributed by atoms with Gasteiger partial charge in [0.1, 0.15) is 18.4 Å². The van der Waals surface area contributed by atoms with Gasteiger partial charge < -0.3 is 10.1 Å². The Hall–Kier alpha value is -2.25. The van der Waals surface area contributed by atoms with E-state index in [1.54, 1.807) is 0 Å². The van der Waals surface area contributed by atoms with Gasteiger partial charge in [0.2, 0.25) is 5.95 Å². The molecule has 0 aromatic carbocycles. The lowest BCUT2D eigenvalue weighted by atomic mass is 10.0. The number of nitrogens with zero attached hydrogens (tertiary/aromatic N) is 3. The van der Waals surface area contributed by atoms with Crippen molar-refractivity contribution in [3.05, 3.63) is 22.5 Å². The molecular formula is C11H16N4O4. The zero-order valence-corrected chi connectivity index (χ0v) is 11.0. The number of methoxy groups -OCH3 is 1. The summed E-state index contributed by atoms with van der Waals surface area (Å²) in [5.41, 5.74) is -0.205. The average molecular weight is 268 g/mol. The maximum absolute atomic E-state index is 11.6. The SMILES string of the molecule is COC(=O)C(CC(C)C)Nc1ncc([N+](=O)[O-])cn1. The van der Waals surface area contributed by atoms with Crippen LogP contribution in [0.3, 0.4) is 0 Å². The van der Waals surface area contributed by atoms with Crippen molar-refractivity contribution in [1.29, 1.82) is 0 Å². The maximum Gasteiger partial charge on any atom is 0.328 e. The topological polar surface area (TPSA) is 107 Å². The fourth-order valence-corrected chi connectivity index (χ4v) is 1.47.